The van der Waals surface area contributed by atoms with Crippen molar-refractivity contribution in [3.05, 3.63) is 40.0 Å². The Morgan fingerprint density at radius 3 is 3.06 bits per heavy atom. The van der Waals surface area contributed by atoms with Gasteiger partial charge in [0.2, 0.25) is 6.39 Å². The minimum Gasteiger partial charge on any atom is -0.343 e. The van der Waals surface area contributed by atoms with Crippen molar-refractivity contribution in [2.75, 3.05) is 0 Å². The van der Waals surface area contributed by atoms with Crippen LogP contribution in [0.25, 0.3) is 11.0 Å². The van der Waals surface area contributed by atoms with Gasteiger partial charge in [0.15, 0.2) is 10.6 Å². The van der Waals surface area contributed by atoms with Crippen LogP contribution in [-0.4, -0.2) is 19.7 Å². The van der Waals surface area contributed by atoms with Crippen molar-refractivity contribution in [1.82, 2.24) is 19.7 Å². The summed E-state index contributed by atoms with van der Waals surface area (Å²) in [6.45, 7) is 0.331. The summed E-state index contributed by atoms with van der Waals surface area (Å²) in [6.07, 6.45) is 1.24. The van der Waals surface area contributed by atoms with E-state index < -0.39 is 5.82 Å². The minimum atomic E-state index is -0.493. The van der Waals surface area contributed by atoms with Crippen molar-refractivity contribution in [3.8, 4) is 0 Å². The Labute approximate surface area is 110 Å². The molecule has 0 saturated carbocycles. The zero-order valence-electron chi connectivity index (χ0n) is 8.85. The predicted molar refractivity (Wildman–Crippen MR) is 65.5 cm³/mol. The molecule has 8 heteroatoms. The predicted octanol–water partition coefficient (Wildman–Crippen LogP) is 2.92. The first-order chi connectivity index (χ1) is 8.65. The van der Waals surface area contributed by atoms with Crippen LogP contribution in [0.15, 0.2) is 23.0 Å². The third kappa shape index (κ3) is 1.81. The van der Waals surface area contributed by atoms with Gasteiger partial charge in [-0.3, -0.25) is 0 Å². The lowest BCUT2D eigenvalue weighted by Crippen LogP contribution is -2.01. The van der Waals surface area contributed by atoms with Gasteiger partial charge in [-0.05, 0) is 18.3 Å². The van der Waals surface area contributed by atoms with Crippen LogP contribution >= 0.6 is 23.8 Å². The van der Waals surface area contributed by atoms with E-state index >= 15 is 0 Å². The zero-order valence-corrected chi connectivity index (χ0v) is 10.4. The number of imidazole rings is 1. The topological polar surface area (TPSA) is 59.6 Å². The average Bonchev–Trinajstić information content (AvgIpc) is 2.92. The smallest absolute Gasteiger partial charge is 0.213 e. The van der Waals surface area contributed by atoms with Crippen LogP contribution in [0.2, 0.25) is 5.02 Å². The van der Waals surface area contributed by atoms with Crippen LogP contribution in [0.5, 0.6) is 0 Å². The molecular formula is C10H6ClFN4OS. The van der Waals surface area contributed by atoms with E-state index in [4.69, 9.17) is 23.8 Å². The summed E-state index contributed by atoms with van der Waals surface area (Å²) in [7, 11) is 0. The van der Waals surface area contributed by atoms with Crippen molar-refractivity contribution in [1.29, 1.82) is 0 Å². The molecule has 1 aromatic carbocycles. The van der Waals surface area contributed by atoms with Crippen molar-refractivity contribution in [3.63, 3.8) is 0 Å². The van der Waals surface area contributed by atoms with E-state index in [1.165, 1.54) is 18.5 Å². The standard InChI is InChI=1S/C10H6ClFN4OS/c11-5-1-8-7(2-6(5)12)14-10(18)16(8)3-9-13-4-17-15-9/h1-2,4H,3H2,(H,14,18). The molecule has 3 aromatic rings. The lowest BCUT2D eigenvalue weighted by atomic mass is 10.3. The average molecular weight is 285 g/mol. The molecule has 0 aliphatic heterocycles. The van der Waals surface area contributed by atoms with E-state index in [1.54, 1.807) is 4.57 Å². The first kappa shape index (κ1) is 11.4. The molecule has 0 bridgehead atoms. The van der Waals surface area contributed by atoms with Gasteiger partial charge < -0.3 is 14.1 Å². The number of H-pyrrole nitrogens is 1. The van der Waals surface area contributed by atoms with Crippen LogP contribution in [0.3, 0.4) is 0 Å². The fourth-order valence-electron chi connectivity index (χ4n) is 1.71. The summed E-state index contributed by atoms with van der Waals surface area (Å²) in [5, 5.41) is 3.74. The molecule has 0 radical (unpaired) electrons. The lowest BCUT2D eigenvalue weighted by molar-refractivity contribution is 0.408. The Balaban J connectivity index is 2.19. The van der Waals surface area contributed by atoms with E-state index in [1.807, 2.05) is 0 Å². The Kier molecular flexibility index (Phi) is 2.64. The lowest BCUT2D eigenvalue weighted by Gasteiger charge is -2.01. The Bertz CT molecular complexity index is 764. The quantitative estimate of drug-likeness (QED) is 0.735. The van der Waals surface area contributed by atoms with Gasteiger partial charge in [0.05, 0.1) is 22.6 Å². The fraction of sp³-hybridized carbons (Fsp3) is 0.100. The van der Waals surface area contributed by atoms with E-state index in [-0.39, 0.29) is 5.02 Å². The van der Waals surface area contributed by atoms with Gasteiger partial charge in [0.25, 0.3) is 0 Å². The van der Waals surface area contributed by atoms with E-state index in [9.17, 15) is 4.39 Å². The molecular weight excluding hydrogens is 279 g/mol. The summed E-state index contributed by atoms with van der Waals surface area (Å²) < 4.78 is 20.1. The van der Waals surface area contributed by atoms with Crippen molar-refractivity contribution in [2.45, 2.75) is 6.54 Å². The molecule has 0 spiro atoms. The van der Waals surface area contributed by atoms with Crippen LogP contribution in [0, 0.1) is 10.6 Å². The third-order valence-electron chi connectivity index (χ3n) is 2.52. The number of nitrogens with zero attached hydrogens (tertiary/aromatic N) is 3. The molecule has 3 rings (SSSR count). The van der Waals surface area contributed by atoms with Gasteiger partial charge in [-0.15, -0.1) is 0 Å². The highest BCUT2D eigenvalue weighted by Crippen LogP contribution is 2.23. The number of fused-ring (bicyclic) bond motifs is 1. The highest BCUT2D eigenvalue weighted by molar-refractivity contribution is 7.71. The van der Waals surface area contributed by atoms with Crippen LogP contribution < -0.4 is 0 Å². The molecule has 1 N–H and O–H groups in total. The normalized spacial score (nSPS) is 11.2. The second-order valence-corrected chi connectivity index (χ2v) is 4.44. The number of hydrogen-bond acceptors (Lipinski definition) is 4. The van der Waals surface area contributed by atoms with Gasteiger partial charge in [-0.2, -0.15) is 4.98 Å². The molecule has 0 atom stereocenters. The third-order valence-corrected chi connectivity index (χ3v) is 3.13. The Hall–Kier alpha value is -1.73. The van der Waals surface area contributed by atoms with E-state index in [0.29, 0.717) is 28.2 Å². The van der Waals surface area contributed by atoms with Gasteiger partial charge in [-0.25, -0.2) is 4.39 Å². The minimum absolute atomic E-state index is 0.0401. The number of benzene rings is 1. The van der Waals surface area contributed by atoms with Gasteiger partial charge in [0.1, 0.15) is 5.82 Å². The molecule has 0 amide bonds. The SMILES string of the molecule is Fc1cc2[nH]c(=S)n(Cc3ncon3)c2cc1Cl. The summed E-state index contributed by atoms with van der Waals surface area (Å²) in [5.74, 6) is -0.0143. The molecule has 0 aliphatic rings. The molecule has 2 aromatic heterocycles. The van der Waals surface area contributed by atoms with Crippen LogP contribution in [-0.2, 0) is 6.54 Å². The molecule has 0 fully saturated rings. The van der Waals surface area contributed by atoms with E-state index in [0.717, 1.165) is 0 Å². The summed E-state index contributed by atoms with van der Waals surface area (Å²) in [5.41, 5.74) is 1.27. The number of hydrogen-bond donors (Lipinski definition) is 1. The number of aromatic nitrogens is 4. The van der Waals surface area contributed by atoms with Crippen LogP contribution in [0.4, 0.5) is 4.39 Å². The van der Waals surface area contributed by atoms with E-state index in [2.05, 4.69) is 19.6 Å². The first-order valence-corrected chi connectivity index (χ1v) is 5.76. The molecule has 92 valence electrons. The number of aromatic amines is 1. The number of rotatable bonds is 2. The molecule has 5 nitrogen and oxygen atoms in total. The Morgan fingerprint density at radius 2 is 2.33 bits per heavy atom. The molecule has 18 heavy (non-hydrogen) atoms. The maximum Gasteiger partial charge on any atom is 0.213 e. The highest BCUT2D eigenvalue weighted by Gasteiger charge is 2.10. The number of halogens is 2. The maximum atomic E-state index is 13.3. The molecule has 0 aliphatic carbocycles. The summed E-state index contributed by atoms with van der Waals surface area (Å²) in [6, 6.07) is 2.82. The highest BCUT2D eigenvalue weighted by atomic mass is 35.5. The van der Waals surface area contributed by atoms with Gasteiger partial charge >= 0.3 is 0 Å². The second-order valence-electron chi connectivity index (χ2n) is 3.65. The molecule has 2 heterocycles. The largest absolute Gasteiger partial charge is 0.343 e. The Morgan fingerprint density at radius 1 is 1.50 bits per heavy atom. The monoisotopic (exact) mass is 284 g/mol. The van der Waals surface area contributed by atoms with Gasteiger partial charge in [0, 0.05) is 6.07 Å². The zero-order chi connectivity index (χ0) is 12.7. The fourth-order valence-corrected chi connectivity index (χ4v) is 2.14. The summed E-state index contributed by atoms with van der Waals surface area (Å²) >= 11 is 10.9. The van der Waals surface area contributed by atoms with Crippen molar-refractivity contribution >= 4 is 34.9 Å². The van der Waals surface area contributed by atoms with Crippen molar-refractivity contribution in [2.24, 2.45) is 0 Å². The maximum absolute atomic E-state index is 13.3. The second kappa shape index (κ2) is 4.18. The van der Waals surface area contributed by atoms with Crippen LogP contribution in [0.1, 0.15) is 5.82 Å². The molecule has 0 saturated heterocycles. The van der Waals surface area contributed by atoms with Crippen molar-refractivity contribution < 1.29 is 8.91 Å². The first-order valence-electron chi connectivity index (χ1n) is 4.98. The van der Waals surface area contributed by atoms with Gasteiger partial charge in [-0.1, -0.05) is 16.8 Å². The molecule has 0 unspecified atom stereocenters. The summed E-state index contributed by atoms with van der Waals surface area (Å²) in [4.78, 5) is 6.81. The number of nitrogens with one attached hydrogen (secondary N) is 1.